The number of likely N-dealkylation sites (tertiary alicyclic amines) is 1. The number of nitrogens with zero attached hydrogens (tertiary/aromatic N) is 2. The van der Waals surface area contributed by atoms with Crippen LogP contribution in [0.3, 0.4) is 0 Å². The number of aryl methyl sites for hydroxylation is 1. The van der Waals surface area contributed by atoms with E-state index < -0.39 is 0 Å². The molecule has 146 valence electrons. The van der Waals surface area contributed by atoms with Crippen molar-refractivity contribution in [1.29, 1.82) is 0 Å². The number of hydrogen-bond donors (Lipinski definition) is 0. The van der Waals surface area contributed by atoms with E-state index in [9.17, 15) is 9.59 Å². The number of fused-ring (bicyclic) bond motifs is 1. The lowest BCUT2D eigenvalue weighted by molar-refractivity contribution is -0.149. The largest absolute Gasteiger partial charge is 0.497 e. The minimum absolute atomic E-state index is 0.0222. The number of carbonyl (C=O) groups excluding carboxylic acids is 1. The Hall–Kier alpha value is -2.34. The summed E-state index contributed by atoms with van der Waals surface area (Å²) in [5.41, 5.74) is 2.76. The van der Waals surface area contributed by atoms with Gasteiger partial charge in [-0.15, -0.1) is 0 Å². The summed E-state index contributed by atoms with van der Waals surface area (Å²) < 4.78 is 12.5. The van der Waals surface area contributed by atoms with E-state index in [0.717, 1.165) is 42.7 Å². The lowest BCUT2D eigenvalue weighted by Gasteiger charge is -2.31. The molecule has 1 saturated heterocycles. The molecule has 6 heteroatoms. The molecule has 3 rings (SSSR count). The number of benzene rings is 1. The summed E-state index contributed by atoms with van der Waals surface area (Å²) in [5.74, 6) is 0.567. The number of hydrogen-bond acceptors (Lipinski definition) is 5. The first-order valence-electron chi connectivity index (χ1n) is 9.51. The zero-order chi connectivity index (χ0) is 19.6. The Morgan fingerprint density at radius 3 is 2.59 bits per heavy atom. The van der Waals surface area contributed by atoms with E-state index in [0.29, 0.717) is 24.3 Å². The Bertz CT molecular complexity index is 895. The molecule has 0 spiro atoms. The number of piperidine rings is 1. The van der Waals surface area contributed by atoms with E-state index >= 15 is 0 Å². The second-order valence-electron chi connectivity index (χ2n) is 7.14. The summed E-state index contributed by atoms with van der Waals surface area (Å²) in [6, 6.07) is 5.62. The molecule has 2 aromatic rings. The average Bonchev–Trinajstić information content (AvgIpc) is 2.69. The van der Waals surface area contributed by atoms with Crippen LogP contribution in [0.25, 0.3) is 10.9 Å². The van der Waals surface area contributed by atoms with Crippen LogP contribution < -0.4 is 10.2 Å². The molecule has 6 nitrogen and oxygen atoms in total. The number of pyridine rings is 1. The summed E-state index contributed by atoms with van der Waals surface area (Å²) in [5, 5.41) is 0.679. The Balaban J connectivity index is 1.83. The van der Waals surface area contributed by atoms with E-state index in [1.807, 2.05) is 39.1 Å². The van der Waals surface area contributed by atoms with E-state index in [1.54, 1.807) is 7.11 Å². The van der Waals surface area contributed by atoms with Crippen molar-refractivity contribution in [2.75, 3.05) is 26.8 Å². The molecule has 0 aliphatic carbocycles. The zero-order valence-corrected chi connectivity index (χ0v) is 16.6. The van der Waals surface area contributed by atoms with Gasteiger partial charge in [0.05, 0.1) is 25.2 Å². The third-order valence-corrected chi connectivity index (χ3v) is 5.61. The fourth-order valence-electron chi connectivity index (χ4n) is 3.82. The van der Waals surface area contributed by atoms with Gasteiger partial charge in [-0.3, -0.25) is 14.5 Å². The summed E-state index contributed by atoms with van der Waals surface area (Å²) in [6.45, 7) is 6.44. The van der Waals surface area contributed by atoms with Gasteiger partial charge in [-0.05, 0) is 58.0 Å². The van der Waals surface area contributed by atoms with E-state index in [2.05, 4.69) is 9.47 Å². The first-order chi connectivity index (χ1) is 13.0. The normalized spacial score (nSPS) is 15.9. The van der Waals surface area contributed by atoms with Gasteiger partial charge < -0.3 is 14.0 Å². The van der Waals surface area contributed by atoms with Crippen LogP contribution in [0.5, 0.6) is 5.75 Å². The molecule has 0 atom stereocenters. The van der Waals surface area contributed by atoms with Crippen molar-refractivity contribution in [2.24, 2.45) is 13.0 Å². The maximum absolute atomic E-state index is 13.1. The van der Waals surface area contributed by atoms with Gasteiger partial charge in [-0.25, -0.2) is 0 Å². The minimum Gasteiger partial charge on any atom is -0.497 e. The fourth-order valence-corrected chi connectivity index (χ4v) is 3.82. The molecule has 0 amide bonds. The summed E-state index contributed by atoms with van der Waals surface area (Å²) in [4.78, 5) is 27.3. The van der Waals surface area contributed by atoms with Crippen molar-refractivity contribution >= 4 is 16.9 Å². The van der Waals surface area contributed by atoms with Gasteiger partial charge in [0, 0.05) is 30.2 Å². The van der Waals surface area contributed by atoms with Crippen LogP contribution in [0.1, 0.15) is 31.0 Å². The van der Waals surface area contributed by atoms with Crippen molar-refractivity contribution in [3.8, 4) is 5.75 Å². The molecule has 1 aliphatic heterocycles. The first-order valence-corrected chi connectivity index (χ1v) is 9.51. The molecule has 1 fully saturated rings. The number of rotatable bonds is 5. The summed E-state index contributed by atoms with van der Waals surface area (Å²) in [7, 11) is 3.59. The monoisotopic (exact) mass is 372 g/mol. The van der Waals surface area contributed by atoms with Crippen molar-refractivity contribution in [3.63, 3.8) is 0 Å². The van der Waals surface area contributed by atoms with Crippen LogP contribution in [0.4, 0.5) is 0 Å². The third kappa shape index (κ3) is 3.86. The molecule has 0 unspecified atom stereocenters. The minimum atomic E-state index is -0.0953. The standard InChI is InChI=1S/C21H28N2O4/c1-5-27-21(25)15-8-10-23(11-9-15)13-18-14(2)22(3)19-7-6-16(26-4)12-17(19)20(18)24/h6-7,12,15H,5,8-11,13H2,1-4H3. The molecular formula is C21H28N2O4. The maximum Gasteiger partial charge on any atom is 0.309 e. The SMILES string of the molecule is CCOC(=O)C1CCN(Cc2c(C)n(C)c3ccc(OC)cc3c2=O)CC1. The first kappa shape index (κ1) is 19.4. The number of esters is 1. The van der Waals surface area contributed by atoms with Gasteiger partial charge in [0.1, 0.15) is 5.75 Å². The number of carbonyl (C=O) groups is 1. The highest BCUT2D eigenvalue weighted by Gasteiger charge is 2.27. The molecule has 1 aromatic heterocycles. The lowest BCUT2D eigenvalue weighted by Crippen LogP contribution is -2.38. The van der Waals surface area contributed by atoms with Gasteiger partial charge in [-0.2, -0.15) is 0 Å². The second kappa shape index (κ2) is 8.13. The van der Waals surface area contributed by atoms with Crippen molar-refractivity contribution in [2.45, 2.75) is 33.2 Å². The van der Waals surface area contributed by atoms with Crippen LogP contribution in [0.2, 0.25) is 0 Å². The lowest BCUT2D eigenvalue weighted by atomic mass is 9.96. The maximum atomic E-state index is 13.1. The third-order valence-electron chi connectivity index (χ3n) is 5.61. The number of methoxy groups -OCH3 is 1. The predicted molar refractivity (Wildman–Crippen MR) is 105 cm³/mol. The summed E-state index contributed by atoms with van der Waals surface area (Å²) in [6.07, 6.45) is 1.55. The van der Waals surface area contributed by atoms with Crippen molar-refractivity contribution < 1.29 is 14.3 Å². The van der Waals surface area contributed by atoms with Gasteiger partial charge in [0.25, 0.3) is 0 Å². The number of ether oxygens (including phenoxy) is 2. The van der Waals surface area contributed by atoms with Crippen LogP contribution in [0, 0.1) is 12.8 Å². The van der Waals surface area contributed by atoms with Crippen LogP contribution >= 0.6 is 0 Å². The van der Waals surface area contributed by atoms with Gasteiger partial charge in [0.15, 0.2) is 5.43 Å². The molecule has 0 radical (unpaired) electrons. The highest BCUT2D eigenvalue weighted by molar-refractivity contribution is 5.81. The Kier molecular flexibility index (Phi) is 5.85. The summed E-state index contributed by atoms with van der Waals surface area (Å²) >= 11 is 0. The highest BCUT2D eigenvalue weighted by Crippen LogP contribution is 2.23. The molecule has 0 saturated carbocycles. The van der Waals surface area contributed by atoms with Crippen LogP contribution in [0.15, 0.2) is 23.0 Å². The predicted octanol–water partition coefficient (Wildman–Crippen LogP) is 2.63. The van der Waals surface area contributed by atoms with Gasteiger partial charge in [0.2, 0.25) is 0 Å². The molecular weight excluding hydrogens is 344 g/mol. The molecule has 0 bridgehead atoms. The highest BCUT2D eigenvalue weighted by atomic mass is 16.5. The van der Waals surface area contributed by atoms with Crippen molar-refractivity contribution in [1.82, 2.24) is 9.47 Å². The zero-order valence-electron chi connectivity index (χ0n) is 16.6. The Morgan fingerprint density at radius 2 is 1.96 bits per heavy atom. The van der Waals surface area contributed by atoms with E-state index in [4.69, 9.17) is 9.47 Å². The molecule has 1 aliphatic rings. The number of aromatic nitrogens is 1. The molecule has 2 heterocycles. The molecule has 1 aromatic carbocycles. The van der Waals surface area contributed by atoms with E-state index in [1.165, 1.54) is 0 Å². The fraction of sp³-hybridized carbons (Fsp3) is 0.524. The average molecular weight is 372 g/mol. The van der Waals surface area contributed by atoms with Crippen LogP contribution in [-0.4, -0.2) is 42.2 Å². The smallest absolute Gasteiger partial charge is 0.309 e. The van der Waals surface area contributed by atoms with E-state index in [-0.39, 0.29) is 17.3 Å². The second-order valence-corrected chi connectivity index (χ2v) is 7.14. The van der Waals surface area contributed by atoms with Gasteiger partial charge >= 0.3 is 5.97 Å². The van der Waals surface area contributed by atoms with Crippen LogP contribution in [-0.2, 0) is 23.1 Å². The topological polar surface area (TPSA) is 60.8 Å². The van der Waals surface area contributed by atoms with Gasteiger partial charge in [-0.1, -0.05) is 0 Å². The Labute approximate surface area is 159 Å². The van der Waals surface area contributed by atoms with Crippen molar-refractivity contribution in [3.05, 3.63) is 39.7 Å². The molecule has 0 N–H and O–H groups in total. The molecule has 27 heavy (non-hydrogen) atoms. The Morgan fingerprint density at radius 1 is 1.26 bits per heavy atom. The quantitative estimate of drug-likeness (QED) is 0.755.